The number of rotatable bonds is 4. The van der Waals surface area contributed by atoms with Crippen molar-refractivity contribution in [2.24, 2.45) is 0 Å². The molecule has 0 amide bonds. The molecule has 0 bridgehead atoms. The molecule has 5 heteroatoms. The number of ether oxygens (including phenoxy) is 2. The highest BCUT2D eigenvalue weighted by Crippen LogP contribution is 2.23. The molecule has 1 N–H and O–H groups in total. The predicted octanol–water partition coefficient (Wildman–Crippen LogP) is 2.14. The molecule has 0 aromatic heterocycles. The number of hydrogen-bond acceptors (Lipinski definition) is 4. The van der Waals surface area contributed by atoms with Gasteiger partial charge in [0.05, 0.1) is 23.4 Å². The Balaban J connectivity index is 2.89. The smallest absolute Gasteiger partial charge is 0.337 e. The van der Waals surface area contributed by atoms with Gasteiger partial charge in [0.2, 0.25) is 0 Å². The largest absolute Gasteiger partial charge is 0.465 e. The Kier molecular flexibility index (Phi) is 4.39. The average molecular weight is 230 g/mol. The second-order valence-corrected chi connectivity index (χ2v) is 3.20. The van der Waals surface area contributed by atoms with Gasteiger partial charge in [-0.1, -0.05) is 11.6 Å². The SMILES string of the molecule is COCNc1cc(C(=O)OC)ccc1Cl. The van der Waals surface area contributed by atoms with E-state index >= 15 is 0 Å². The van der Waals surface area contributed by atoms with E-state index in [2.05, 4.69) is 10.1 Å². The first-order chi connectivity index (χ1) is 7.19. The fourth-order valence-electron chi connectivity index (χ4n) is 1.06. The first kappa shape index (κ1) is 11.8. The van der Waals surface area contributed by atoms with E-state index in [0.29, 0.717) is 23.0 Å². The van der Waals surface area contributed by atoms with E-state index < -0.39 is 5.97 Å². The average Bonchev–Trinajstić information content (AvgIpc) is 2.27. The summed E-state index contributed by atoms with van der Waals surface area (Å²) in [5.74, 6) is -0.396. The number of benzene rings is 1. The van der Waals surface area contributed by atoms with Crippen molar-refractivity contribution in [3.8, 4) is 0 Å². The number of methoxy groups -OCH3 is 2. The van der Waals surface area contributed by atoms with Crippen LogP contribution in [0, 0.1) is 0 Å². The van der Waals surface area contributed by atoms with Crippen LogP contribution in [0.15, 0.2) is 18.2 Å². The molecular weight excluding hydrogens is 218 g/mol. The maximum Gasteiger partial charge on any atom is 0.337 e. The zero-order chi connectivity index (χ0) is 11.3. The predicted molar refractivity (Wildman–Crippen MR) is 58.3 cm³/mol. The van der Waals surface area contributed by atoms with Gasteiger partial charge < -0.3 is 14.8 Å². The number of esters is 1. The summed E-state index contributed by atoms with van der Waals surface area (Å²) >= 11 is 5.91. The molecule has 0 saturated carbocycles. The lowest BCUT2D eigenvalue weighted by atomic mass is 10.2. The highest BCUT2D eigenvalue weighted by molar-refractivity contribution is 6.33. The molecule has 1 aromatic rings. The molecule has 1 rings (SSSR count). The van der Waals surface area contributed by atoms with E-state index in [-0.39, 0.29) is 0 Å². The maximum absolute atomic E-state index is 11.2. The Labute approximate surface area is 93.1 Å². The van der Waals surface area contributed by atoms with Crippen LogP contribution >= 0.6 is 11.6 Å². The van der Waals surface area contributed by atoms with Gasteiger partial charge in [0, 0.05) is 7.11 Å². The highest BCUT2D eigenvalue weighted by Gasteiger charge is 2.08. The number of carbonyl (C=O) groups is 1. The van der Waals surface area contributed by atoms with Gasteiger partial charge in [-0.2, -0.15) is 0 Å². The minimum atomic E-state index is -0.396. The summed E-state index contributed by atoms with van der Waals surface area (Å²) in [6.45, 7) is 0.324. The number of halogens is 1. The van der Waals surface area contributed by atoms with Gasteiger partial charge in [-0.25, -0.2) is 4.79 Å². The molecule has 0 aliphatic heterocycles. The Morgan fingerprint density at radius 2 is 2.20 bits per heavy atom. The van der Waals surface area contributed by atoms with E-state index in [4.69, 9.17) is 16.3 Å². The fraction of sp³-hybridized carbons (Fsp3) is 0.300. The second kappa shape index (κ2) is 5.58. The molecule has 0 spiro atoms. The molecule has 0 saturated heterocycles. The number of anilines is 1. The zero-order valence-corrected chi connectivity index (χ0v) is 9.30. The standard InChI is InChI=1S/C10H12ClNO3/c1-14-6-12-9-5-7(10(13)15-2)3-4-8(9)11/h3-5,12H,6H2,1-2H3. The van der Waals surface area contributed by atoms with Gasteiger partial charge >= 0.3 is 5.97 Å². The van der Waals surface area contributed by atoms with E-state index in [9.17, 15) is 4.79 Å². The van der Waals surface area contributed by atoms with Gasteiger partial charge in [-0.3, -0.25) is 0 Å². The lowest BCUT2D eigenvalue weighted by molar-refractivity contribution is 0.0601. The van der Waals surface area contributed by atoms with Crippen LogP contribution in [0.1, 0.15) is 10.4 Å². The molecule has 0 unspecified atom stereocenters. The monoisotopic (exact) mass is 229 g/mol. The van der Waals surface area contributed by atoms with Gasteiger partial charge in [-0.15, -0.1) is 0 Å². The van der Waals surface area contributed by atoms with E-state index in [1.165, 1.54) is 7.11 Å². The molecule has 15 heavy (non-hydrogen) atoms. The quantitative estimate of drug-likeness (QED) is 0.635. The van der Waals surface area contributed by atoms with Crippen LogP contribution in [0.2, 0.25) is 5.02 Å². The third-order valence-corrected chi connectivity index (χ3v) is 2.12. The Hall–Kier alpha value is -1.26. The van der Waals surface area contributed by atoms with Crippen LogP contribution in [0.5, 0.6) is 0 Å². The van der Waals surface area contributed by atoms with E-state index in [1.807, 2.05) is 0 Å². The summed E-state index contributed by atoms with van der Waals surface area (Å²) < 4.78 is 9.44. The second-order valence-electron chi connectivity index (χ2n) is 2.80. The number of hydrogen-bond donors (Lipinski definition) is 1. The van der Waals surface area contributed by atoms with Gasteiger partial charge in [0.1, 0.15) is 6.73 Å². The molecule has 0 heterocycles. The normalized spacial score (nSPS) is 9.80. The summed E-state index contributed by atoms with van der Waals surface area (Å²) in [5.41, 5.74) is 1.09. The molecule has 0 aliphatic carbocycles. The van der Waals surface area contributed by atoms with Crippen molar-refractivity contribution in [2.45, 2.75) is 0 Å². The summed E-state index contributed by atoms with van der Waals surface area (Å²) in [5, 5.41) is 3.45. The summed E-state index contributed by atoms with van der Waals surface area (Å²) in [4.78, 5) is 11.2. The molecule has 0 radical (unpaired) electrons. The van der Waals surface area contributed by atoms with Crippen LogP contribution in [-0.4, -0.2) is 26.9 Å². The van der Waals surface area contributed by atoms with Crippen molar-refractivity contribution in [2.75, 3.05) is 26.3 Å². The summed E-state index contributed by atoms with van der Waals surface area (Å²) in [6.07, 6.45) is 0. The van der Waals surface area contributed by atoms with Gasteiger partial charge in [0.15, 0.2) is 0 Å². The third-order valence-electron chi connectivity index (χ3n) is 1.79. The van der Waals surface area contributed by atoms with Gasteiger partial charge in [0.25, 0.3) is 0 Å². The van der Waals surface area contributed by atoms with Crippen molar-refractivity contribution >= 4 is 23.3 Å². The minimum absolute atomic E-state index is 0.324. The van der Waals surface area contributed by atoms with Crippen molar-refractivity contribution < 1.29 is 14.3 Å². The summed E-state index contributed by atoms with van der Waals surface area (Å²) in [6, 6.07) is 4.85. The Morgan fingerprint density at radius 3 is 2.80 bits per heavy atom. The van der Waals surface area contributed by atoms with Crippen molar-refractivity contribution in [3.05, 3.63) is 28.8 Å². The number of carbonyl (C=O) groups excluding carboxylic acids is 1. The molecule has 1 aromatic carbocycles. The molecule has 0 aliphatic rings. The van der Waals surface area contributed by atoms with Crippen LogP contribution in [0.25, 0.3) is 0 Å². The lowest BCUT2D eigenvalue weighted by Crippen LogP contribution is -2.06. The van der Waals surface area contributed by atoms with E-state index in [0.717, 1.165) is 0 Å². The zero-order valence-electron chi connectivity index (χ0n) is 8.54. The minimum Gasteiger partial charge on any atom is -0.465 e. The Morgan fingerprint density at radius 1 is 1.47 bits per heavy atom. The van der Waals surface area contributed by atoms with Crippen molar-refractivity contribution in [3.63, 3.8) is 0 Å². The van der Waals surface area contributed by atoms with Gasteiger partial charge in [-0.05, 0) is 18.2 Å². The van der Waals surface area contributed by atoms with Crippen LogP contribution < -0.4 is 5.32 Å². The van der Waals surface area contributed by atoms with Crippen molar-refractivity contribution in [1.29, 1.82) is 0 Å². The van der Waals surface area contributed by atoms with Crippen LogP contribution in [-0.2, 0) is 9.47 Å². The highest BCUT2D eigenvalue weighted by atomic mass is 35.5. The first-order valence-corrected chi connectivity index (χ1v) is 4.67. The first-order valence-electron chi connectivity index (χ1n) is 4.29. The molecule has 0 fully saturated rings. The Bertz CT molecular complexity index is 355. The lowest BCUT2D eigenvalue weighted by Gasteiger charge is -2.08. The van der Waals surface area contributed by atoms with E-state index in [1.54, 1.807) is 25.3 Å². The molecule has 82 valence electrons. The fourth-order valence-corrected chi connectivity index (χ4v) is 1.24. The number of nitrogens with one attached hydrogen (secondary N) is 1. The van der Waals surface area contributed by atoms with Crippen LogP contribution in [0.3, 0.4) is 0 Å². The third kappa shape index (κ3) is 3.11. The molecule has 4 nitrogen and oxygen atoms in total. The summed E-state index contributed by atoms with van der Waals surface area (Å²) in [7, 11) is 2.89. The van der Waals surface area contributed by atoms with Crippen LogP contribution in [0.4, 0.5) is 5.69 Å². The topological polar surface area (TPSA) is 47.6 Å². The maximum atomic E-state index is 11.2. The van der Waals surface area contributed by atoms with Crippen molar-refractivity contribution in [1.82, 2.24) is 0 Å². The molecular formula is C10H12ClNO3. The molecule has 0 atom stereocenters.